The number of carbonyl (C=O) groups is 1. The Balaban J connectivity index is 2.01. The van der Waals surface area contributed by atoms with Gasteiger partial charge in [-0.1, -0.05) is 12.1 Å². The molecule has 1 fully saturated rings. The van der Waals surface area contributed by atoms with Crippen LogP contribution >= 0.6 is 11.8 Å². The van der Waals surface area contributed by atoms with Crippen molar-refractivity contribution in [1.82, 2.24) is 0 Å². The van der Waals surface area contributed by atoms with Gasteiger partial charge >= 0.3 is 0 Å². The smallest absolute Gasteiger partial charge is 0.238 e. The zero-order valence-electron chi connectivity index (χ0n) is 10.9. The maximum atomic E-state index is 14.0. The number of nitrogens with two attached hydrogens (primary N) is 1. The third kappa shape index (κ3) is 2.58. The van der Waals surface area contributed by atoms with E-state index in [1.165, 1.54) is 22.7 Å². The molecule has 0 aromatic heterocycles. The minimum atomic E-state index is -0.744. The first kappa shape index (κ1) is 13.9. The molecule has 2 aromatic rings. The molecular formula is C15H12F2N2OS. The van der Waals surface area contributed by atoms with Crippen LogP contribution in [-0.2, 0) is 4.79 Å². The third-order valence-electron chi connectivity index (χ3n) is 3.26. The highest BCUT2D eigenvalue weighted by molar-refractivity contribution is 8.00. The first-order valence-electron chi connectivity index (χ1n) is 6.30. The van der Waals surface area contributed by atoms with Gasteiger partial charge in [-0.15, -0.1) is 11.8 Å². The van der Waals surface area contributed by atoms with E-state index in [0.717, 1.165) is 17.7 Å². The third-order valence-corrected chi connectivity index (χ3v) is 4.47. The molecule has 0 bridgehead atoms. The van der Waals surface area contributed by atoms with Crippen molar-refractivity contribution in [2.24, 2.45) is 0 Å². The van der Waals surface area contributed by atoms with Crippen molar-refractivity contribution >= 4 is 29.0 Å². The van der Waals surface area contributed by atoms with Crippen molar-refractivity contribution in [3.05, 3.63) is 59.7 Å². The summed E-state index contributed by atoms with van der Waals surface area (Å²) in [5, 5.41) is -0.335. The number of benzene rings is 2. The van der Waals surface area contributed by atoms with Gasteiger partial charge < -0.3 is 5.73 Å². The number of carbonyl (C=O) groups excluding carboxylic acids is 1. The van der Waals surface area contributed by atoms with E-state index in [0.29, 0.717) is 5.69 Å². The molecule has 1 unspecified atom stereocenters. The zero-order chi connectivity index (χ0) is 15.0. The van der Waals surface area contributed by atoms with E-state index >= 15 is 0 Å². The first-order chi connectivity index (χ1) is 10.1. The summed E-state index contributed by atoms with van der Waals surface area (Å²) in [5.74, 6) is -1.36. The van der Waals surface area contributed by atoms with Crippen LogP contribution in [0.2, 0.25) is 0 Å². The highest BCUT2D eigenvalue weighted by atomic mass is 32.2. The summed E-state index contributed by atoms with van der Waals surface area (Å²) in [6, 6.07) is 10.3. The molecular weight excluding hydrogens is 294 g/mol. The minimum Gasteiger partial charge on any atom is -0.399 e. The summed E-state index contributed by atoms with van der Waals surface area (Å²) in [6.07, 6.45) is 0. The normalized spacial score (nSPS) is 18.3. The summed E-state index contributed by atoms with van der Waals surface area (Å²) in [5.41, 5.74) is 7.21. The number of amides is 1. The fourth-order valence-electron chi connectivity index (χ4n) is 2.27. The quantitative estimate of drug-likeness (QED) is 0.866. The van der Waals surface area contributed by atoms with Gasteiger partial charge in [-0.2, -0.15) is 0 Å². The summed E-state index contributed by atoms with van der Waals surface area (Å²) < 4.78 is 27.0. The average molecular weight is 306 g/mol. The highest BCUT2D eigenvalue weighted by Crippen LogP contribution is 2.42. The predicted molar refractivity (Wildman–Crippen MR) is 79.9 cm³/mol. The Bertz CT molecular complexity index is 691. The van der Waals surface area contributed by atoms with Gasteiger partial charge in [-0.25, -0.2) is 8.78 Å². The maximum absolute atomic E-state index is 14.0. The molecule has 0 spiro atoms. The lowest BCUT2D eigenvalue weighted by Gasteiger charge is -2.24. The number of hydrogen-bond donors (Lipinski definition) is 1. The molecule has 3 rings (SSSR count). The molecule has 6 heteroatoms. The molecule has 1 atom stereocenters. The number of hydrogen-bond acceptors (Lipinski definition) is 3. The van der Waals surface area contributed by atoms with E-state index < -0.39 is 11.6 Å². The van der Waals surface area contributed by atoms with Crippen molar-refractivity contribution in [2.75, 3.05) is 16.4 Å². The minimum absolute atomic E-state index is 0.0909. The summed E-state index contributed by atoms with van der Waals surface area (Å²) in [7, 11) is 0. The Kier molecular flexibility index (Phi) is 3.55. The van der Waals surface area contributed by atoms with Crippen LogP contribution < -0.4 is 10.6 Å². The lowest BCUT2D eigenvalue weighted by Crippen LogP contribution is -2.28. The molecule has 1 saturated heterocycles. The molecule has 0 saturated carbocycles. The van der Waals surface area contributed by atoms with Crippen molar-refractivity contribution < 1.29 is 13.6 Å². The van der Waals surface area contributed by atoms with E-state index in [1.807, 2.05) is 0 Å². The molecule has 2 aromatic carbocycles. The van der Waals surface area contributed by atoms with Crippen molar-refractivity contribution in [1.29, 1.82) is 0 Å². The van der Waals surface area contributed by atoms with Crippen LogP contribution in [-0.4, -0.2) is 11.7 Å². The van der Waals surface area contributed by atoms with Crippen molar-refractivity contribution in [3.8, 4) is 0 Å². The van der Waals surface area contributed by atoms with Crippen LogP contribution in [0.4, 0.5) is 20.2 Å². The first-order valence-corrected chi connectivity index (χ1v) is 7.35. The Morgan fingerprint density at radius 3 is 2.52 bits per heavy atom. The second-order valence-electron chi connectivity index (χ2n) is 4.69. The molecule has 2 N–H and O–H groups in total. The van der Waals surface area contributed by atoms with Crippen LogP contribution in [0, 0.1) is 11.6 Å². The molecule has 21 heavy (non-hydrogen) atoms. The number of rotatable bonds is 2. The van der Waals surface area contributed by atoms with Gasteiger partial charge in [0.2, 0.25) is 5.91 Å². The fourth-order valence-corrected chi connectivity index (χ4v) is 3.44. The highest BCUT2D eigenvalue weighted by Gasteiger charge is 2.35. The summed E-state index contributed by atoms with van der Waals surface area (Å²) in [4.78, 5) is 13.4. The van der Waals surface area contributed by atoms with E-state index in [1.54, 1.807) is 24.3 Å². The van der Waals surface area contributed by atoms with Crippen molar-refractivity contribution in [3.63, 3.8) is 0 Å². The Hall–Kier alpha value is -2.08. The van der Waals surface area contributed by atoms with Gasteiger partial charge in [0.05, 0.1) is 11.4 Å². The molecule has 1 aliphatic rings. The van der Waals surface area contributed by atoms with Crippen LogP contribution in [0.1, 0.15) is 10.9 Å². The number of nitrogens with zero attached hydrogens (tertiary/aromatic N) is 1. The van der Waals surface area contributed by atoms with Gasteiger partial charge in [0.25, 0.3) is 0 Å². The second kappa shape index (κ2) is 5.37. The monoisotopic (exact) mass is 306 g/mol. The van der Waals surface area contributed by atoms with Gasteiger partial charge in [0.15, 0.2) is 0 Å². The van der Waals surface area contributed by atoms with Crippen LogP contribution in [0.15, 0.2) is 42.5 Å². The van der Waals surface area contributed by atoms with Crippen molar-refractivity contribution in [2.45, 2.75) is 5.37 Å². The molecule has 1 heterocycles. The number of thioether (sulfide) groups is 1. The summed E-state index contributed by atoms with van der Waals surface area (Å²) in [6.45, 7) is 0. The van der Waals surface area contributed by atoms with E-state index in [4.69, 9.17) is 5.73 Å². The SMILES string of the molecule is Nc1ccc(C2SCC(=O)N2c2ccc(F)cc2F)cc1. The lowest BCUT2D eigenvalue weighted by atomic mass is 10.1. The topological polar surface area (TPSA) is 46.3 Å². The van der Waals surface area contributed by atoms with E-state index in [-0.39, 0.29) is 22.7 Å². The largest absolute Gasteiger partial charge is 0.399 e. The van der Waals surface area contributed by atoms with Crippen LogP contribution in [0.25, 0.3) is 0 Å². The van der Waals surface area contributed by atoms with Gasteiger partial charge in [-0.3, -0.25) is 9.69 Å². The number of nitrogen functional groups attached to an aromatic ring is 1. The lowest BCUT2D eigenvalue weighted by molar-refractivity contribution is -0.115. The summed E-state index contributed by atoms with van der Waals surface area (Å²) >= 11 is 1.40. The number of halogens is 2. The van der Waals surface area contributed by atoms with Gasteiger partial charge in [0, 0.05) is 11.8 Å². The molecule has 3 nitrogen and oxygen atoms in total. The molecule has 1 amide bonds. The van der Waals surface area contributed by atoms with Gasteiger partial charge in [0.1, 0.15) is 17.0 Å². The zero-order valence-corrected chi connectivity index (χ0v) is 11.7. The molecule has 1 aliphatic heterocycles. The Labute approximate surface area is 124 Å². The maximum Gasteiger partial charge on any atom is 0.238 e. The number of anilines is 2. The van der Waals surface area contributed by atoms with E-state index in [2.05, 4.69) is 0 Å². The standard InChI is InChI=1S/C15H12F2N2OS/c16-10-3-6-13(12(17)7-10)19-14(20)8-21-15(19)9-1-4-11(18)5-2-9/h1-7,15H,8,18H2. The predicted octanol–water partition coefficient (Wildman–Crippen LogP) is 3.33. The Morgan fingerprint density at radius 2 is 1.86 bits per heavy atom. The van der Waals surface area contributed by atoms with Gasteiger partial charge in [-0.05, 0) is 29.8 Å². The molecule has 0 radical (unpaired) electrons. The molecule has 108 valence electrons. The fraction of sp³-hybridized carbons (Fsp3) is 0.133. The second-order valence-corrected chi connectivity index (χ2v) is 5.76. The molecule has 0 aliphatic carbocycles. The van der Waals surface area contributed by atoms with Crippen LogP contribution in [0.5, 0.6) is 0 Å². The van der Waals surface area contributed by atoms with E-state index in [9.17, 15) is 13.6 Å². The Morgan fingerprint density at radius 1 is 1.14 bits per heavy atom. The average Bonchev–Trinajstić information content (AvgIpc) is 2.82. The van der Waals surface area contributed by atoms with Crippen LogP contribution in [0.3, 0.4) is 0 Å².